The van der Waals surface area contributed by atoms with Gasteiger partial charge < -0.3 is 9.73 Å². The Morgan fingerprint density at radius 3 is 2.57 bits per heavy atom. The van der Waals surface area contributed by atoms with E-state index in [0.29, 0.717) is 21.9 Å². The third-order valence-electron chi connectivity index (χ3n) is 3.35. The first-order valence-electron chi connectivity index (χ1n) is 6.39. The highest BCUT2D eigenvalue weighted by atomic mass is 35.5. The molecule has 2 aromatic carbocycles. The molecule has 3 rings (SSSR count). The predicted molar refractivity (Wildman–Crippen MR) is 78.5 cm³/mol. The molecule has 0 saturated carbocycles. The molecule has 0 fully saturated rings. The Bertz CT molecular complexity index is 800. The number of fused-ring (bicyclic) bond motifs is 1. The molecule has 5 heteroatoms. The number of hydrogen-bond donors (Lipinski definition) is 1. The van der Waals surface area contributed by atoms with Gasteiger partial charge in [-0.25, -0.2) is 8.78 Å². The van der Waals surface area contributed by atoms with E-state index in [1.54, 1.807) is 25.2 Å². The molecule has 21 heavy (non-hydrogen) atoms. The summed E-state index contributed by atoms with van der Waals surface area (Å²) in [5, 5.41) is 4.52. The second kappa shape index (κ2) is 5.47. The first-order valence-corrected chi connectivity index (χ1v) is 6.77. The number of hydrogen-bond acceptors (Lipinski definition) is 2. The summed E-state index contributed by atoms with van der Waals surface area (Å²) >= 11 is 5.95. The van der Waals surface area contributed by atoms with Gasteiger partial charge in [0.05, 0.1) is 6.04 Å². The predicted octanol–water partition coefficient (Wildman–Crippen LogP) is 4.67. The Balaban J connectivity index is 2.06. The molecule has 0 saturated heterocycles. The Morgan fingerprint density at radius 1 is 1.05 bits per heavy atom. The van der Waals surface area contributed by atoms with Gasteiger partial charge in [-0.15, -0.1) is 0 Å². The van der Waals surface area contributed by atoms with Crippen molar-refractivity contribution in [1.82, 2.24) is 5.32 Å². The monoisotopic (exact) mass is 307 g/mol. The minimum atomic E-state index is -0.882. The maximum atomic E-state index is 13.4. The molecule has 2 nitrogen and oxygen atoms in total. The second-order valence-electron chi connectivity index (χ2n) is 4.73. The first-order chi connectivity index (χ1) is 10.1. The van der Waals surface area contributed by atoms with Crippen molar-refractivity contribution >= 4 is 22.6 Å². The fraction of sp³-hybridized carbons (Fsp3) is 0.125. The molecule has 0 spiro atoms. The van der Waals surface area contributed by atoms with Gasteiger partial charge in [-0.05, 0) is 49.0 Å². The standard InChI is InChI=1S/C16H12ClF2NO/c1-20-16(9-2-4-12(18)13(19)7-9)15-8-10-6-11(17)3-5-14(10)21-15/h2-8,16,20H,1H3. The van der Waals surface area contributed by atoms with Crippen LogP contribution in [-0.2, 0) is 0 Å². The van der Waals surface area contributed by atoms with E-state index in [1.807, 2.05) is 6.07 Å². The number of furan rings is 1. The highest BCUT2D eigenvalue weighted by Gasteiger charge is 2.18. The average molecular weight is 308 g/mol. The van der Waals surface area contributed by atoms with Gasteiger partial charge >= 0.3 is 0 Å². The molecule has 3 aromatic rings. The molecule has 1 heterocycles. The molecule has 1 atom stereocenters. The zero-order valence-electron chi connectivity index (χ0n) is 11.2. The molecule has 1 N–H and O–H groups in total. The summed E-state index contributed by atoms with van der Waals surface area (Å²) in [7, 11) is 1.73. The number of nitrogens with one attached hydrogen (secondary N) is 1. The molecule has 1 aromatic heterocycles. The van der Waals surface area contributed by atoms with E-state index >= 15 is 0 Å². The van der Waals surface area contributed by atoms with Crippen molar-refractivity contribution in [3.63, 3.8) is 0 Å². The van der Waals surface area contributed by atoms with E-state index in [0.717, 1.165) is 17.5 Å². The number of rotatable bonds is 3. The fourth-order valence-electron chi connectivity index (χ4n) is 2.34. The summed E-state index contributed by atoms with van der Waals surface area (Å²) < 4.78 is 32.2. The second-order valence-corrected chi connectivity index (χ2v) is 5.16. The Hall–Kier alpha value is -1.91. The topological polar surface area (TPSA) is 25.2 Å². The van der Waals surface area contributed by atoms with Crippen molar-refractivity contribution in [2.24, 2.45) is 0 Å². The van der Waals surface area contributed by atoms with Crippen molar-refractivity contribution in [1.29, 1.82) is 0 Å². The minimum absolute atomic E-state index is 0.369. The highest BCUT2D eigenvalue weighted by Crippen LogP contribution is 2.30. The van der Waals surface area contributed by atoms with Gasteiger partial charge in [0.2, 0.25) is 0 Å². The number of halogens is 3. The van der Waals surface area contributed by atoms with Gasteiger partial charge in [0.1, 0.15) is 11.3 Å². The van der Waals surface area contributed by atoms with Gasteiger partial charge in [0, 0.05) is 10.4 Å². The van der Waals surface area contributed by atoms with Crippen molar-refractivity contribution < 1.29 is 13.2 Å². The van der Waals surface area contributed by atoms with E-state index in [-0.39, 0.29) is 6.04 Å². The Kier molecular flexibility index (Phi) is 3.66. The minimum Gasteiger partial charge on any atom is -0.459 e. The van der Waals surface area contributed by atoms with Crippen LogP contribution in [-0.4, -0.2) is 7.05 Å². The van der Waals surface area contributed by atoms with E-state index in [4.69, 9.17) is 16.0 Å². The maximum Gasteiger partial charge on any atom is 0.159 e. The van der Waals surface area contributed by atoms with Crippen LogP contribution in [0.25, 0.3) is 11.0 Å². The lowest BCUT2D eigenvalue weighted by Crippen LogP contribution is -2.17. The normalized spacial score (nSPS) is 12.8. The maximum absolute atomic E-state index is 13.4. The Labute approximate surface area is 125 Å². The molecule has 0 aliphatic heterocycles. The molecule has 0 bridgehead atoms. The van der Waals surface area contributed by atoms with Crippen molar-refractivity contribution in [3.05, 3.63) is 70.4 Å². The zero-order valence-corrected chi connectivity index (χ0v) is 11.9. The van der Waals surface area contributed by atoms with Crippen molar-refractivity contribution in [3.8, 4) is 0 Å². The van der Waals surface area contributed by atoms with Gasteiger partial charge in [0.15, 0.2) is 11.6 Å². The van der Waals surface area contributed by atoms with Gasteiger partial charge in [-0.3, -0.25) is 0 Å². The lowest BCUT2D eigenvalue weighted by Gasteiger charge is -2.14. The fourth-order valence-corrected chi connectivity index (χ4v) is 2.52. The number of benzene rings is 2. The molecular weight excluding hydrogens is 296 g/mol. The molecule has 0 aliphatic carbocycles. The van der Waals surface area contributed by atoms with Crippen LogP contribution < -0.4 is 5.32 Å². The van der Waals surface area contributed by atoms with Crippen molar-refractivity contribution in [2.75, 3.05) is 7.05 Å². The summed E-state index contributed by atoms with van der Waals surface area (Å²) in [5.41, 5.74) is 1.28. The van der Waals surface area contributed by atoms with Crippen LogP contribution in [0.15, 0.2) is 46.9 Å². The third-order valence-corrected chi connectivity index (χ3v) is 3.58. The van der Waals surface area contributed by atoms with E-state index in [1.165, 1.54) is 6.07 Å². The summed E-state index contributed by atoms with van der Waals surface area (Å²) in [6.07, 6.45) is 0. The lowest BCUT2D eigenvalue weighted by atomic mass is 10.0. The quantitative estimate of drug-likeness (QED) is 0.760. The molecule has 108 valence electrons. The molecule has 0 radical (unpaired) electrons. The van der Waals surface area contributed by atoms with E-state index in [9.17, 15) is 8.78 Å². The van der Waals surface area contributed by atoms with Gasteiger partial charge in [-0.1, -0.05) is 17.7 Å². The smallest absolute Gasteiger partial charge is 0.159 e. The SMILES string of the molecule is CNC(c1ccc(F)c(F)c1)c1cc2cc(Cl)ccc2o1. The van der Waals surface area contributed by atoms with Crippen LogP contribution in [0, 0.1) is 11.6 Å². The lowest BCUT2D eigenvalue weighted by molar-refractivity contribution is 0.481. The third kappa shape index (κ3) is 2.64. The summed E-state index contributed by atoms with van der Waals surface area (Å²) in [6, 6.07) is 10.6. The molecule has 0 amide bonds. The first kappa shape index (κ1) is 14.0. The van der Waals surface area contributed by atoms with Gasteiger partial charge in [-0.2, -0.15) is 0 Å². The van der Waals surface area contributed by atoms with Crippen LogP contribution >= 0.6 is 11.6 Å². The average Bonchev–Trinajstić information content (AvgIpc) is 2.86. The van der Waals surface area contributed by atoms with Crippen LogP contribution in [0.2, 0.25) is 5.02 Å². The van der Waals surface area contributed by atoms with Crippen LogP contribution in [0.1, 0.15) is 17.4 Å². The Morgan fingerprint density at radius 2 is 1.86 bits per heavy atom. The van der Waals surface area contributed by atoms with Crippen LogP contribution in [0.4, 0.5) is 8.78 Å². The molecular formula is C16H12ClF2NO. The largest absolute Gasteiger partial charge is 0.459 e. The van der Waals surface area contributed by atoms with E-state index < -0.39 is 11.6 Å². The summed E-state index contributed by atoms with van der Waals surface area (Å²) in [4.78, 5) is 0. The van der Waals surface area contributed by atoms with Crippen LogP contribution in [0.5, 0.6) is 0 Å². The zero-order chi connectivity index (χ0) is 15.0. The molecule has 1 unspecified atom stereocenters. The molecule has 0 aliphatic rings. The van der Waals surface area contributed by atoms with Crippen molar-refractivity contribution in [2.45, 2.75) is 6.04 Å². The van der Waals surface area contributed by atoms with Crippen LogP contribution in [0.3, 0.4) is 0 Å². The van der Waals surface area contributed by atoms with E-state index in [2.05, 4.69) is 5.32 Å². The van der Waals surface area contributed by atoms with Gasteiger partial charge in [0.25, 0.3) is 0 Å². The summed E-state index contributed by atoms with van der Waals surface area (Å²) in [6.45, 7) is 0. The summed E-state index contributed by atoms with van der Waals surface area (Å²) in [5.74, 6) is -1.14. The highest BCUT2D eigenvalue weighted by molar-refractivity contribution is 6.31.